The van der Waals surface area contributed by atoms with Crippen molar-refractivity contribution in [1.82, 2.24) is 0 Å². The first-order chi connectivity index (χ1) is 6.15. The van der Waals surface area contributed by atoms with E-state index in [9.17, 15) is 4.79 Å². The van der Waals surface area contributed by atoms with Gasteiger partial charge in [0.05, 0.1) is 6.04 Å². The van der Waals surface area contributed by atoms with Crippen LogP contribution in [0.25, 0.3) is 0 Å². The lowest BCUT2D eigenvalue weighted by Gasteiger charge is -2.05. The molecule has 1 rings (SSSR count). The molecule has 3 heteroatoms. The van der Waals surface area contributed by atoms with Gasteiger partial charge < -0.3 is 0 Å². The van der Waals surface area contributed by atoms with Crippen molar-refractivity contribution in [1.29, 1.82) is 0 Å². The minimum absolute atomic E-state index is 0.171. The van der Waals surface area contributed by atoms with E-state index in [2.05, 4.69) is 4.99 Å². The summed E-state index contributed by atoms with van der Waals surface area (Å²) in [7, 11) is 0. The molecule has 0 bridgehead atoms. The minimum Gasteiger partial charge on any atom is -0.211 e. The van der Waals surface area contributed by atoms with E-state index in [1.165, 1.54) is 6.08 Å². The van der Waals surface area contributed by atoms with Crippen molar-refractivity contribution in [3.8, 4) is 0 Å². The van der Waals surface area contributed by atoms with Crippen LogP contribution in [-0.2, 0) is 4.79 Å². The molecular weight excluding hydrogens is 186 g/mol. The topological polar surface area (TPSA) is 29.4 Å². The van der Waals surface area contributed by atoms with Gasteiger partial charge in [0.2, 0.25) is 6.08 Å². The van der Waals surface area contributed by atoms with Gasteiger partial charge in [-0.05, 0) is 31.0 Å². The number of benzene rings is 1. The van der Waals surface area contributed by atoms with Crippen molar-refractivity contribution in [2.45, 2.75) is 19.9 Å². The highest BCUT2D eigenvalue weighted by atomic mass is 35.5. The summed E-state index contributed by atoms with van der Waals surface area (Å²) in [6, 6.07) is 5.47. The SMILES string of the molecule is Cc1ccc(C(C)N=C=O)cc1Cl. The van der Waals surface area contributed by atoms with Gasteiger partial charge in [0.1, 0.15) is 0 Å². The van der Waals surface area contributed by atoms with Crippen molar-refractivity contribution in [3.05, 3.63) is 34.3 Å². The average molecular weight is 196 g/mol. The number of hydrogen-bond acceptors (Lipinski definition) is 2. The van der Waals surface area contributed by atoms with Crippen molar-refractivity contribution < 1.29 is 4.79 Å². The number of carbonyl (C=O) groups excluding carboxylic acids is 1. The summed E-state index contributed by atoms with van der Waals surface area (Å²) >= 11 is 5.92. The molecule has 0 aliphatic carbocycles. The molecule has 0 heterocycles. The summed E-state index contributed by atoms with van der Waals surface area (Å²) < 4.78 is 0. The third-order valence-electron chi connectivity index (χ3n) is 1.92. The predicted molar refractivity (Wildman–Crippen MR) is 52.7 cm³/mol. The largest absolute Gasteiger partial charge is 0.235 e. The van der Waals surface area contributed by atoms with Gasteiger partial charge in [0, 0.05) is 5.02 Å². The predicted octanol–water partition coefficient (Wildman–Crippen LogP) is 3.05. The zero-order valence-electron chi connectivity index (χ0n) is 7.54. The number of aryl methyl sites for hydroxylation is 1. The fourth-order valence-electron chi connectivity index (χ4n) is 1.02. The number of nitrogens with zero attached hydrogens (tertiary/aromatic N) is 1. The number of rotatable bonds is 2. The highest BCUT2D eigenvalue weighted by molar-refractivity contribution is 6.31. The summed E-state index contributed by atoms with van der Waals surface area (Å²) in [4.78, 5) is 13.6. The second-order valence-electron chi connectivity index (χ2n) is 2.90. The maximum Gasteiger partial charge on any atom is 0.235 e. The smallest absolute Gasteiger partial charge is 0.211 e. The molecule has 0 fully saturated rings. The first-order valence-corrected chi connectivity index (χ1v) is 4.36. The van der Waals surface area contributed by atoms with Crippen molar-refractivity contribution in [3.63, 3.8) is 0 Å². The molecule has 1 atom stereocenters. The van der Waals surface area contributed by atoms with Gasteiger partial charge in [-0.25, -0.2) is 4.79 Å². The quantitative estimate of drug-likeness (QED) is 0.527. The minimum atomic E-state index is -0.171. The van der Waals surface area contributed by atoms with Crippen molar-refractivity contribution >= 4 is 17.7 Å². The third kappa shape index (κ3) is 2.41. The lowest BCUT2D eigenvalue weighted by Crippen LogP contribution is -1.89. The fourth-order valence-corrected chi connectivity index (χ4v) is 1.21. The Morgan fingerprint density at radius 2 is 2.23 bits per heavy atom. The Bertz CT molecular complexity index is 356. The third-order valence-corrected chi connectivity index (χ3v) is 2.33. The molecule has 1 aromatic carbocycles. The van der Waals surface area contributed by atoms with Crippen LogP contribution >= 0.6 is 11.6 Å². The van der Waals surface area contributed by atoms with Crippen LogP contribution in [0.3, 0.4) is 0 Å². The first-order valence-electron chi connectivity index (χ1n) is 3.98. The fraction of sp³-hybridized carbons (Fsp3) is 0.300. The molecule has 0 saturated carbocycles. The average Bonchev–Trinajstić information content (AvgIpc) is 2.10. The van der Waals surface area contributed by atoms with E-state index in [-0.39, 0.29) is 6.04 Å². The summed E-state index contributed by atoms with van der Waals surface area (Å²) in [6.07, 6.45) is 1.53. The molecule has 0 amide bonds. The second kappa shape index (κ2) is 4.22. The van der Waals surface area contributed by atoms with E-state index in [1.54, 1.807) is 0 Å². The van der Waals surface area contributed by atoms with Crippen LogP contribution in [0.4, 0.5) is 0 Å². The summed E-state index contributed by atoms with van der Waals surface area (Å²) in [5, 5.41) is 0.699. The van der Waals surface area contributed by atoms with Gasteiger partial charge in [0.25, 0.3) is 0 Å². The number of isocyanates is 1. The Morgan fingerprint density at radius 3 is 2.77 bits per heavy atom. The Morgan fingerprint density at radius 1 is 1.54 bits per heavy atom. The van der Waals surface area contributed by atoms with Crippen LogP contribution in [0.5, 0.6) is 0 Å². The highest BCUT2D eigenvalue weighted by Crippen LogP contribution is 2.22. The Hall–Kier alpha value is -1.11. The molecule has 0 radical (unpaired) electrons. The van der Waals surface area contributed by atoms with E-state index >= 15 is 0 Å². The van der Waals surface area contributed by atoms with Gasteiger partial charge >= 0.3 is 0 Å². The lowest BCUT2D eigenvalue weighted by molar-refractivity contribution is 0.559. The lowest BCUT2D eigenvalue weighted by atomic mass is 10.1. The van der Waals surface area contributed by atoms with E-state index in [0.29, 0.717) is 5.02 Å². The monoisotopic (exact) mass is 195 g/mol. The molecule has 2 nitrogen and oxygen atoms in total. The maximum atomic E-state index is 10.0. The molecule has 0 aliphatic heterocycles. The molecule has 68 valence electrons. The summed E-state index contributed by atoms with van der Waals surface area (Å²) in [5.74, 6) is 0. The second-order valence-corrected chi connectivity index (χ2v) is 3.31. The molecule has 1 unspecified atom stereocenters. The van der Waals surface area contributed by atoms with E-state index in [4.69, 9.17) is 11.6 Å². The molecule has 0 aliphatic rings. The molecule has 0 spiro atoms. The van der Waals surface area contributed by atoms with Crippen molar-refractivity contribution in [2.24, 2.45) is 4.99 Å². The molecule has 0 N–H and O–H groups in total. The standard InChI is InChI=1S/C10H10ClNO/c1-7-3-4-9(5-10(7)11)8(2)12-6-13/h3-5,8H,1-2H3. The zero-order chi connectivity index (χ0) is 9.84. The normalized spacial score (nSPS) is 11.9. The van der Waals surface area contributed by atoms with Gasteiger partial charge in [-0.2, -0.15) is 4.99 Å². The van der Waals surface area contributed by atoms with Crippen LogP contribution in [0.2, 0.25) is 5.02 Å². The van der Waals surface area contributed by atoms with E-state index in [0.717, 1.165) is 11.1 Å². The van der Waals surface area contributed by atoms with E-state index in [1.807, 2.05) is 32.0 Å². The number of aliphatic imine (C=N–C) groups is 1. The first kappa shape index (κ1) is 9.97. The maximum absolute atomic E-state index is 10.0. The van der Waals surface area contributed by atoms with Gasteiger partial charge in [-0.3, -0.25) is 0 Å². The Kier molecular flexibility index (Phi) is 3.24. The van der Waals surface area contributed by atoms with Crippen LogP contribution in [0.15, 0.2) is 23.2 Å². The summed E-state index contributed by atoms with van der Waals surface area (Å²) in [6.45, 7) is 3.76. The Balaban J connectivity index is 3.03. The Labute approximate surface area is 82.3 Å². The van der Waals surface area contributed by atoms with E-state index < -0.39 is 0 Å². The molecular formula is C10H10ClNO. The van der Waals surface area contributed by atoms with Gasteiger partial charge in [-0.1, -0.05) is 23.7 Å². The van der Waals surface area contributed by atoms with Crippen molar-refractivity contribution in [2.75, 3.05) is 0 Å². The van der Waals surface area contributed by atoms with Crippen LogP contribution in [-0.4, -0.2) is 6.08 Å². The van der Waals surface area contributed by atoms with Gasteiger partial charge in [0.15, 0.2) is 0 Å². The number of hydrogen-bond donors (Lipinski definition) is 0. The molecule has 1 aromatic rings. The van der Waals surface area contributed by atoms with Crippen LogP contribution < -0.4 is 0 Å². The molecule has 0 saturated heterocycles. The van der Waals surface area contributed by atoms with Crippen LogP contribution in [0.1, 0.15) is 24.1 Å². The van der Waals surface area contributed by atoms with Gasteiger partial charge in [-0.15, -0.1) is 0 Å². The highest BCUT2D eigenvalue weighted by Gasteiger charge is 2.04. The van der Waals surface area contributed by atoms with Crippen LogP contribution in [0, 0.1) is 6.92 Å². The zero-order valence-corrected chi connectivity index (χ0v) is 8.30. The molecule has 0 aromatic heterocycles. The molecule has 13 heavy (non-hydrogen) atoms. The summed E-state index contributed by atoms with van der Waals surface area (Å²) in [5.41, 5.74) is 1.95. The number of halogens is 1.